The number of carbonyl (C=O) groups is 1. The minimum atomic E-state index is -3.94. The van der Waals surface area contributed by atoms with Gasteiger partial charge in [0.25, 0.3) is 10.0 Å². The lowest BCUT2D eigenvalue weighted by Gasteiger charge is -2.27. The maximum Gasteiger partial charge on any atom is 0.264 e. The third-order valence-electron chi connectivity index (χ3n) is 6.10. The van der Waals surface area contributed by atoms with Gasteiger partial charge in [-0.05, 0) is 62.3 Å². The van der Waals surface area contributed by atoms with Crippen LogP contribution in [0.5, 0.6) is 0 Å². The largest absolute Gasteiger partial charge is 0.352 e. The zero-order valence-corrected chi connectivity index (χ0v) is 17.9. The molecule has 2 aliphatic rings. The summed E-state index contributed by atoms with van der Waals surface area (Å²) in [4.78, 5) is 13.0. The lowest BCUT2D eigenvalue weighted by molar-refractivity contribution is -0.120. The number of halogens is 1. The lowest BCUT2D eigenvalue weighted by atomic mass is 9.95. The summed E-state index contributed by atoms with van der Waals surface area (Å²) in [5.41, 5.74) is 1.26. The number of nitrogens with one attached hydrogen (secondary N) is 1. The zero-order chi connectivity index (χ0) is 20.6. The molecule has 2 aliphatic carbocycles. The van der Waals surface area contributed by atoms with Crippen LogP contribution in [0.4, 0.5) is 5.69 Å². The number of sulfonamides is 1. The van der Waals surface area contributed by atoms with Crippen molar-refractivity contribution < 1.29 is 13.2 Å². The number of nitrogens with zero attached hydrogens (tertiary/aromatic N) is 1. The van der Waals surface area contributed by atoms with Crippen LogP contribution in [0.25, 0.3) is 0 Å². The topological polar surface area (TPSA) is 66.5 Å². The molecule has 2 bridgehead atoms. The highest BCUT2D eigenvalue weighted by Crippen LogP contribution is 2.44. The second-order valence-corrected chi connectivity index (χ2v) is 10.4. The Bertz CT molecular complexity index is 1010. The number of hydrogen-bond donors (Lipinski definition) is 1. The Labute approximate surface area is 177 Å². The van der Waals surface area contributed by atoms with E-state index in [4.69, 9.17) is 11.6 Å². The molecule has 5 nitrogen and oxygen atoms in total. The van der Waals surface area contributed by atoms with Gasteiger partial charge in [-0.15, -0.1) is 0 Å². The average Bonchev–Trinajstić information content (AvgIpc) is 3.30. The summed E-state index contributed by atoms with van der Waals surface area (Å²) in [6, 6.07) is 13.5. The molecule has 2 aromatic rings. The number of anilines is 1. The Morgan fingerprint density at radius 3 is 2.45 bits per heavy atom. The highest BCUT2D eigenvalue weighted by atomic mass is 35.5. The highest BCUT2D eigenvalue weighted by molar-refractivity contribution is 7.92. The first kappa shape index (κ1) is 20.2. The van der Waals surface area contributed by atoms with Gasteiger partial charge in [-0.1, -0.05) is 47.9 Å². The summed E-state index contributed by atoms with van der Waals surface area (Å²) in [5.74, 6) is 0.922. The molecule has 1 amide bonds. The molecule has 0 radical (unpaired) electrons. The molecule has 0 heterocycles. The van der Waals surface area contributed by atoms with Crippen molar-refractivity contribution in [3.05, 3.63) is 59.1 Å². The van der Waals surface area contributed by atoms with Crippen LogP contribution < -0.4 is 9.62 Å². The molecule has 29 heavy (non-hydrogen) atoms. The van der Waals surface area contributed by atoms with Gasteiger partial charge in [-0.2, -0.15) is 0 Å². The van der Waals surface area contributed by atoms with E-state index in [0.29, 0.717) is 17.5 Å². The second kappa shape index (κ2) is 8.00. The molecule has 3 atom stereocenters. The van der Waals surface area contributed by atoms with E-state index in [1.165, 1.54) is 12.8 Å². The van der Waals surface area contributed by atoms with Gasteiger partial charge in [-0.25, -0.2) is 8.42 Å². The van der Waals surface area contributed by atoms with E-state index in [1.54, 1.807) is 48.5 Å². The quantitative estimate of drug-likeness (QED) is 0.745. The SMILES string of the molecule is Cc1ccc(S(=O)(=O)N(CC(=O)N[C@@H]2C[C@H]3CC[C@@H]2C3)c2ccccc2Cl)cc1. The molecule has 0 saturated heterocycles. The van der Waals surface area contributed by atoms with Crippen molar-refractivity contribution in [2.75, 3.05) is 10.8 Å². The Kier molecular flexibility index (Phi) is 5.58. The summed E-state index contributed by atoms with van der Waals surface area (Å²) in [5, 5.41) is 3.36. The fourth-order valence-electron chi connectivity index (χ4n) is 4.60. The van der Waals surface area contributed by atoms with Crippen LogP contribution in [-0.4, -0.2) is 26.9 Å². The lowest BCUT2D eigenvalue weighted by Crippen LogP contribution is -2.46. The van der Waals surface area contributed by atoms with Crippen molar-refractivity contribution in [3.8, 4) is 0 Å². The van der Waals surface area contributed by atoms with Crippen molar-refractivity contribution in [3.63, 3.8) is 0 Å². The van der Waals surface area contributed by atoms with E-state index in [2.05, 4.69) is 5.32 Å². The first-order chi connectivity index (χ1) is 13.8. The number of carbonyl (C=O) groups excluding carboxylic acids is 1. The molecular formula is C22H25ClN2O3S. The van der Waals surface area contributed by atoms with Gasteiger partial charge in [0, 0.05) is 6.04 Å². The molecule has 154 valence electrons. The van der Waals surface area contributed by atoms with Crippen molar-refractivity contribution in [1.29, 1.82) is 0 Å². The van der Waals surface area contributed by atoms with Gasteiger partial charge in [0.2, 0.25) is 5.91 Å². The van der Waals surface area contributed by atoms with Crippen LogP contribution in [0.2, 0.25) is 5.02 Å². The molecular weight excluding hydrogens is 408 g/mol. The number of hydrogen-bond acceptors (Lipinski definition) is 3. The Balaban J connectivity index is 1.61. The summed E-state index contributed by atoms with van der Waals surface area (Å²) in [7, 11) is -3.94. The smallest absolute Gasteiger partial charge is 0.264 e. The second-order valence-electron chi connectivity index (χ2n) is 8.13. The highest BCUT2D eigenvalue weighted by Gasteiger charge is 2.40. The molecule has 0 aromatic heterocycles. The van der Waals surface area contributed by atoms with Crippen molar-refractivity contribution in [2.45, 2.75) is 43.5 Å². The molecule has 2 saturated carbocycles. The Morgan fingerprint density at radius 1 is 1.10 bits per heavy atom. The van der Waals surface area contributed by atoms with E-state index < -0.39 is 10.0 Å². The first-order valence-electron chi connectivity index (χ1n) is 9.98. The molecule has 4 rings (SSSR count). The van der Waals surface area contributed by atoms with Crippen LogP contribution in [0.1, 0.15) is 31.2 Å². The number of amides is 1. The zero-order valence-electron chi connectivity index (χ0n) is 16.3. The van der Waals surface area contributed by atoms with Crippen molar-refractivity contribution in [1.82, 2.24) is 5.32 Å². The van der Waals surface area contributed by atoms with E-state index >= 15 is 0 Å². The van der Waals surface area contributed by atoms with Crippen molar-refractivity contribution in [2.24, 2.45) is 11.8 Å². The summed E-state index contributed by atoms with van der Waals surface area (Å²) in [6.07, 6.45) is 4.55. The van der Waals surface area contributed by atoms with Crippen LogP contribution in [0.15, 0.2) is 53.4 Å². The minimum absolute atomic E-state index is 0.135. The summed E-state index contributed by atoms with van der Waals surface area (Å²) < 4.78 is 27.9. The third kappa shape index (κ3) is 4.14. The molecule has 1 N–H and O–H groups in total. The van der Waals surface area contributed by atoms with Crippen LogP contribution in [-0.2, 0) is 14.8 Å². The van der Waals surface area contributed by atoms with E-state index in [1.807, 2.05) is 6.92 Å². The van der Waals surface area contributed by atoms with Crippen LogP contribution >= 0.6 is 11.6 Å². The van der Waals surface area contributed by atoms with Gasteiger partial charge in [0.1, 0.15) is 6.54 Å². The predicted octanol–water partition coefficient (Wildman–Crippen LogP) is 4.15. The van der Waals surface area contributed by atoms with Crippen LogP contribution in [0.3, 0.4) is 0 Å². The minimum Gasteiger partial charge on any atom is -0.352 e. The fraction of sp³-hybridized carbons (Fsp3) is 0.409. The van der Waals surface area contributed by atoms with E-state index in [9.17, 15) is 13.2 Å². The van der Waals surface area contributed by atoms with Gasteiger partial charge in [0.05, 0.1) is 15.6 Å². The van der Waals surface area contributed by atoms with Crippen LogP contribution in [0, 0.1) is 18.8 Å². The number of aryl methyl sites for hydroxylation is 1. The van der Waals surface area contributed by atoms with Gasteiger partial charge < -0.3 is 5.32 Å². The first-order valence-corrected chi connectivity index (χ1v) is 11.8. The summed E-state index contributed by atoms with van der Waals surface area (Å²) >= 11 is 6.31. The normalized spacial score (nSPS) is 23.2. The molecule has 2 fully saturated rings. The predicted molar refractivity (Wildman–Crippen MR) is 115 cm³/mol. The molecule has 0 spiro atoms. The average molecular weight is 433 g/mol. The third-order valence-corrected chi connectivity index (χ3v) is 8.20. The standard InChI is InChI=1S/C22H25ClN2O3S/c1-15-6-10-18(11-7-15)29(27,28)25(21-5-3-2-4-19(21)23)14-22(26)24-20-13-16-8-9-17(20)12-16/h2-7,10-11,16-17,20H,8-9,12-14H2,1H3,(H,24,26)/t16-,17+,20+/m0/s1. The maximum absolute atomic E-state index is 13.4. The molecule has 7 heteroatoms. The van der Waals surface area contributed by atoms with E-state index in [-0.39, 0.29) is 28.4 Å². The van der Waals surface area contributed by atoms with Gasteiger partial charge in [0.15, 0.2) is 0 Å². The number of fused-ring (bicyclic) bond motifs is 2. The van der Waals surface area contributed by atoms with Crippen molar-refractivity contribution >= 4 is 33.2 Å². The Morgan fingerprint density at radius 2 is 1.83 bits per heavy atom. The number of rotatable bonds is 6. The van der Waals surface area contributed by atoms with E-state index in [0.717, 1.165) is 22.7 Å². The number of para-hydroxylation sites is 1. The number of benzene rings is 2. The molecule has 2 aromatic carbocycles. The monoisotopic (exact) mass is 432 g/mol. The summed E-state index contributed by atoms with van der Waals surface area (Å²) in [6.45, 7) is 1.60. The molecule has 0 unspecified atom stereocenters. The van der Waals surface area contributed by atoms with Gasteiger partial charge >= 0.3 is 0 Å². The Hall–Kier alpha value is -2.05. The maximum atomic E-state index is 13.4. The fourth-order valence-corrected chi connectivity index (χ4v) is 6.32. The molecule has 0 aliphatic heterocycles. The van der Waals surface area contributed by atoms with Gasteiger partial charge in [-0.3, -0.25) is 9.10 Å².